The Labute approximate surface area is 117 Å². The van der Waals surface area contributed by atoms with Crippen LogP contribution in [0.3, 0.4) is 0 Å². The van der Waals surface area contributed by atoms with Gasteiger partial charge < -0.3 is 15.4 Å². The van der Waals surface area contributed by atoms with E-state index in [1.165, 1.54) is 6.42 Å². The molecule has 0 bridgehead atoms. The third kappa shape index (κ3) is 5.89. The topological polar surface area (TPSA) is 53.6 Å². The number of methoxy groups -OCH3 is 1. The molecular weight excluding hydrogens is 242 g/mol. The molecule has 0 aromatic rings. The van der Waals surface area contributed by atoms with E-state index in [9.17, 15) is 4.79 Å². The number of rotatable bonds is 8. The largest absolute Gasteiger partial charge is 0.383 e. The Balaban J connectivity index is 2.30. The molecule has 0 aromatic carbocycles. The number of likely N-dealkylation sites (tertiary alicyclic amines) is 1. The summed E-state index contributed by atoms with van der Waals surface area (Å²) in [5.74, 6) is 0.759. The van der Waals surface area contributed by atoms with Gasteiger partial charge in [0.25, 0.3) is 0 Å². The standard InChI is InChI=1S/C14H29N3O2/c1-4-12-10-17(8-6-13(12)15-5-2)11-14(18)16-7-9-19-3/h12-13,15H,4-11H2,1-3H3,(H,16,18). The summed E-state index contributed by atoms with van der Waals surface area (Å²) in [4.78, 5) is 14.0. The highest BCUT2D eigenvalue weighted by Gasteiger charge is 2.27. The fourth-order valence-electron chi connectivity index (χ4n) is 2.75. The first-order chi connectivity index (χ1) is 9.21. The van der Waals surface area contributed by atoms with Crippen molar-refractivity contribution in [3.05, 3.63) is 0 Å². The van der Waals surface area contributed by atoms with Gasteiger partial charge >= 0.3 is 0 Å². The third-order valence-electron chi connectivity index (χ3n) is 3.80. The number of hydrogen-bond donors (Lipinski definition) is 2. The fraction of sp³-hybridized carbons (Fsp3) is 0.929. The van der Waals surface area contributed by atoms with Crippen molar-refractivity contribution < 1.29 is 9.53 Å². The van der Waals surface area contributed by atoms with Crippen molar-refractivity contribution in [1.29, 1.82) is 0 Å². The molecule has 1 aliphatic heterocycles. The highest BCUT2D eigenvalue weighted by Crippen LogP contribution is 2.19. The number of nitrogens with one attached hydrogen (secondary N) is 2. The van der Waals surface area contributed by atoms with Gasteiger partial charge in [-0.2, -0.15) is 0 Å². The van der Waals surface area contributed by atoms with Gasteiger partial charge in [0.05, 0.1) is 13.2 Å². The lowest BCUT2D eigenvalue weighted by Gasteiger charge is -2.38. The zero-order valence-electron chi connectivity index (χ0n) is 12.6. The van der Waals surface area contributed by atoms with Crippen LogP contribution in [0.1, 0.15) is 26.7 Å². The Bertz CT molecular complexity index is 261. The van der Waals surface area contributed by atoms with E-state index in [-0.39, 0.29) is 5.91 Å². The van der Waals surface area contributed by atoms with Crippen molar-refractivity contribution in [2.75, 3.05) is 46.4 Å². The second-order valence-electron chi connectivity index (χ2n) is 5.20. The summed E-state index contributed by atoms with van der Waals surface area (Å²) in [5.41, 5.74) is 0. The predicted octanol–water partition coefficient (Wildman–Crippen LogP) is 0.459. The predicted molar refractivity (Wildman–Crippen MR) is 77.2 cm³/mol. The Kier molecular flexibility index (Phi) is 8.02. The molecule has 5 heteroatoms. The Morgan fingerprint density at radius 3 is 2.84 bits per heavy atom. The molecule has 5 nitrogen and oxygen atoms in total. The normalized spacial score (nSPS) is 24.4. The van der Waals surface area contributed by atoms with Gasteiger partial charge in [-0.15, -0.1) is 0 Å². The maximum Gasteiger partial charge on any atom is 0.234 e. The number of hydrogen-bond acceptors (Lipinski definition) is 4. The first-order valence-electron chi connectivity index (χ1n) is 7.42. The van der Waals surface area contributed by atoms with Crippen LogP contribution in [-0.2, 0) is 9.53 Å². The number of carbonyl (C=O) groups excluding carboxylic acids is 1. The summed E-state index contributed by atoms with van der Waals surface area (Å²) < 4.78 is 4.92. The Morgan fingerprint density at radius 2 is 2.21 bits per heavy atom. The van der Waals surface area contributed by atoms with E-state index in [1.807, 2.05) is 0 Å². The fourth-order valence-corrected chi connectivity index (χ4v) is 2.75. The molecular formula is C14H29N3O2. The molecule has 0 radical (unpaired) electrons. The molecule has 1 saturated heterocycles. The summed E-state index contributed by atoms with van der Waals surface area (Å²) >= 11 is 0. The SMILES string of the molecule is CCNC1CCN(CC(=O)NCCOC)CC1CC. The van der Waals surface area contributed by atoms with Gasteiger partial charge in [0.15, 0.2) is 0 Å². The molecule has 1 amide bonds. The van der Waals surface area contributed by atoms with Gasteiger partial charge in [0.1, 0.15) is 0 Å². The third-order valence-corrected chi connectivity index (χ3v) is 3.80. The van der Waals surface area contributed by atoms with Crippen LogP contribution in [0.25, 0.3) is 0 Å². The van der Waals surface area contributed by atoms with Crippen LogP contribution < -0.4 is 10.6 Å². The van der Waals surface area contributed by atoms with Crippen molar-refractivity contribution in [2.45, 2.75) is 32.7 Å². The molecule has 0 saturated carbocycles. The second kappa shape index (κ2) is 9.28. The minimum atomic E-state index is 0.105. The van der Waals surface area contributed by atoms with Crippen LogP contribution in [0.4, 0.5) is 0 Å². The first-order valence-corrected chi connectivity index (χ1v) is 7.42. The maximum absolute atomic E-state index is 11.8. The van der Waals surface area contributed by atoms with E-state index in [4.69, 9.17) is 4.74 Å². The average molecular weight is 271 g/mol. The molecule has 1 aliphatic rings. The summed E-state index contributed by atoms with van der Waals surface area (Å²) in [6.07, 6.45) is 2.30. The summed E-state index contributed by atoms with van der Waals surface area (Å²) in [6, 6.07) is 0.614. The van der Waals surface area contributed by atoms with Crippen LogP contribution in [0.5, 0.6) is 0 Å². The quantitative estimate of drug-likeness (QED) is 0.630. The second-order valence-corrected chi connectivity index (χ2v) is 5.20. The smallest absolute Gasteiger partial charge is 0.234 e. The summed E-state index contributed by atoms with van der Waals surface area (Å²) in [6.45, 7) is 9.13. The van der Waals surface area contributed by atoms with E-state index in [0.717, 1.165) is 26.1 Å². The molecule has 2 unspecified atom stereocenters. The molecule has 2 atom stereocenters. The molecule has 112 valence electrons. The summed E-state index contributed by atoms with van der Waals surface area (Å²) in [5, 5.41) is 6.44. The minimum Gasteiger partial charge on any atom is -0.383 e. The van der Waals surface area contributed by atoms with E-state index in [2.05, 4.69) is 29.4 Å². The molecule has 0 aliphatic carbocycles. The van der Waals surface area contributed by atoms with Crippen LogP contribution in [0.15, 0.2) is 0 Å². The van der Waals surface area contributed by atoms with Crippen molar-refractivity contribution >= 4 is 5.91 Å². The van der Waals surface area contributed by atoms with E-state index in [1.54, 1.807) is 7.11 Å². The number of ether oxygens (including phenoxy) is 1. The highest BCUT2D eigenvalue weighted by atomic mass is 16.5. The van der Waals surface area contributed by atoms with Gasteiger partial charge in [-0.05, 0) is 18.9 Å². The summed E-state index contributed by atoms with van der Waals surface area (Å²) in [7, 11) is 1.64. The Hall–Kier alpha value is -0.650. The van der Waals surface area contributed by atoms with Gasteiger partial charge in [-0.25, -0.2) is 0 Å². The molecule has 0 spiro atoms. The lowest BCUT2D eigenvalue weighted by atomic mass is 9.90. The van der Waals surface area contributed by atoms with Gasteiger partial charge in [-0.3, -0.25) is 9.69 Å². The lowest BCUT2D eigenvalue weighted by molar-refractivity contribution is -0.123. The number of piperidine rings is 1. The van der Waals surface area contributed by atoms with E-state index < -0.39 is 0 Å². The molecule has 19 heavy (non-hydrogen) atoms. The monoisotopic (exact) mass is 271 g/mol. The van der Waals surface area contributed by atoms with Crippen molar-refractivity contribution in [2.24, 2.45) is 5.92 Å². The molecule has 1 fully saturated rings. The van der Waals surface area contributed by atoms with Gasteiger partial charge in [0, 0.05) is 32.8 Å². The van der Waals surface area contributed by atoms with E-state index >= 15 is 0 Å². The van der Waals surface area contributed by atoms with Crippen molar-refractivity contribution in [1.82, 2.24) is 15.5 Å². The van der Waals surface area contributed by atoms with Crippen LogP contribution in [-0.4, -0.2) is 63.3 Å². The number of amides is 1. The van der Waals surface area contributed by atoms with Gasteiger partial charge in [-0.1, -0.05) is 20.3 Å². The molecule has 1 heterocycles. The average Bonchev–Trinajstić information content (AvgIpc) is 2.41. The molecule has 1 rings (SSSR count). The zero-order valence-corrected chi connectivity index (χ0v) is 12.6. The molecule has 2 N–H and O–H groups in total. The van der Waals surface area contributed by atoms with Gasteiger partial charge in [0.2, 0.25) is 5.91 Å². The molecule has 0 aromatic heterocycles. The van der Waals surface area contributed by atoms with Crippen molar-refractivity contribution in [3.8, 4) is 0 Å². The number of carbonyl (C=O) groups is 1. The highest BCUT2D eigenvalue weighted by molar-refractivity contribution is 5.78. The van der Waals surface area contributed by atoms with E-state index in [0.29, 0.717) is 31.7 Å². The Morgan fingerprint density at radius 1 is 1.42 bits per heavy atom. The maximum atomic E-state index is 11.8. The van der Waals surface area contributed by atoms with Crippen LogP contribution in [0, 0.1) is 5.92 Å². The zero-order chi connectivity index (χ0) is 14.1. The lowest BCUT2D eigenvalue weighted by Crippen LogP contribution is -2.51. The minimum absolute atomic E-state index is 0.105. The van der Waals surface area contributed by atoms with Crippen LogP contribution in [0.2, 0.25) is 0 Å². The van der Waals surface area contributed by atoms with Crippen LogP contribution >= 0.6 is 0 Å². The first kappa shape index (κ1) is 16.4. The number of nitrogens with zero attached hydrogens (tertiary/aromatic N) is 1. The van der Waals surface area contributed by atoms with Crippen molar-refractivity contribution in [3.63, 3.8) is 0 Å².